The molecule has 1 saturated carbocycles. The molecule has 1 aromatic carbocycles. The topological polar surface area (TPSA) is 131 Å². The number of rotatable bonds is 10. The summed E-state index contributed by atoms with van der Waals surface area (Å²) in [4.78, 5) is 37.7. The maximum Gasteiger partial charge on any atom is 0.353 e. The molecule has 1 fully saturated rings. The summed E-state index contributed by atoms with van der Waals surface area (Å²) < 4.78 is 19.6. The van der Waals surface area contributed by atoms with E-state index in [9.17, 15) is 18.8 Å². The quantitative estimate of drug-likeness (QED) is 0.221. The summed E-state index contributed by atoms with van der Waals surface area (Å²) in [5.41, 5.74) is 5.33. The minimum Gasteiger partial charge on any atom is -0.481 e. The Morgan fingerprint density at radius 1 is 1.17 bits per heavy atom. The molecule has 1 aliphatic carbocycles. The van der Waals surface area contributed by atoms with E-state index < -0.39 is 23.2 Å². The van der Waals surface area contributed by atoms with Crippen LogP contribution in [0.3, 0.4) is 0 Å². The van der Waals surface area contributed by atoms with E-state index in [1.165, 1.54) is 23.5 Å². The van der Waals surface area contributed by atoms with E-state index in [1.54, 1.807) is 18.2 Å². The minimum absolute atomic E-state index is 0.0291. The molecule has 0 spiro atoms. The average molecular weight is 506 g/mol. The highest BCUT2D eigenvalue weighted by Crippen LogP contribution is 2.30. The van der Waals surface area contributed by atoms with Crippen LogP contribution in [0.4, 0.5) is 4.39 Å². The predicted molar refractivity (Wildman–Crippen MR) is 131 cm³/mol. The fraction of sp³-hybridized carbons (Fsp3) is 0.480. The average Bonchev–Trinajstić information content (AvgIpc) is 3.27. The maximum atomic E-state index is 14.3. The zero-order chi connectivity index (χ0) is 25.6. The Kier molecular flexibility index (Phi) is 8.98. The van der Waals surface area contributed by atoms with Gasteiger partial charge in [0, 0.05) is 29.5 Å². The monoisotopic (exact) mass is 505 g/mol. The lowest BCUT2D eigenvalue weighted by molar-refractivity contribution is -0.142. The molecule has 3 rings (SSSR count). The molecule has 0 unspecified atom stereocenters. The number of nitrogens with one attached hydrogen (secondary N) is 2. The first-order chi connectivity index (χ1) is 16.6. The number of nitrogens with two attached hydrogens (primary N) is 1. The smallest absolute Gasteiger partial charge is 0.353 e. The van der Waals surface area contributed by atoms with E-state index in [1.807, 2.05) is 13.8 Å². The normalized spacial score (nSPS) is 18.2. The number of halogens is 1. The van der Waals surface area contributed by atoms with Crippen molar-refractivity contribution in [1.82, 2.24) is 10.6 Å². The van der Waals surface area contributed by atoms with E-state index in [4.69, 9.17) is 15.6 Å². The van der Waals surface area contributed by atoms with Crippen molar-refractivity contribution < 1.29 is 28.6 Å². The summed E-state index contributed by atoms with van der Waals surface area (Å²) in [6.07, 6.45) is 2.83. The van der Waals surface area contributed by atoms with Crippen LogP contribution >= 0.6 is 11.3 Å². The summed E-state index contributed by atoms with van der Waals surface area (Å²) in [6.45, 7) is 4.34. The van der Waals surface area contributed by atoms with Gasteiger partial charge in [-0.3, -0.25) is 9.59 Å². The van der Waals surface area contributed by atoms with Crippen LogP contribution in [-0.2, 0) is 22.6 Å². The van der Waals surface area contributed by atoms with E-state index in [-0.39, 0.29) is 30.3 Å². The van der Waals surface area contributed by atoms with Crippen LogP contribution in [0.15, 0.2) is 30.3 Å². The molecule has 1 aliphatic rings. The molecule has 0 atom stereocenters. The van der Waals surface area contributed by atoms with Crippen molar-refractivity contribution in [3.05, 3.63) is 51.5 Å². The van der Waals surface area contributed by atoms with Gasteiger partial charge in [-0.25, -0.2) is 9.18 Å². The first kappa shape index (κ1) is 26.8. The lowest BCUT2D eigenvalue weighted by Crippen LogP contribution is -2.45. The molecule has 190 valence electrons. The number of hydrogen-bond donors (Lipinski definition) is 4. The molecular formula is C25H32FN3O5S. The van der Waals surface area contributed by atoms with Crippen molar-refractivity contribution in [2.45, 2.75) is 58.5 Å². The largest absolute Gasteiger partial charge is 0.481 e. The van der Waals surface area contributed by atoms with Gasteiger partial charge in [0.15, 0.2) is 11.6 Å². The van der Waals surface area contributed by atoms with Crippen molar-refractivity contribution in [1.29, 1.82) is 0 Å². The molecule has 0 saturated heterocycles. The molecule has 0 bridgehead atoms. The van der Waals surface area contributed by atoms with Crippen LogP contribution in [-0.4, -0.2) is 35.7 Å². The third kappa shape index (κ3) is 7.33. The Labute approximate surface area is 208 Å². The molecule has 0 radical (unpaired) electrons. The number of carbonyl (C=O) groups excluding carboxylic acids is 2. The number of esters is 1. The maximum absolute atomic E-state index is 14.3. The fourth-order valence-corrected chi connectivity index (χ4v) is 5.18. The highest BCUT2D eigenvalue weighted by atomic mass is 32.1. The van der Waals surface area contributed by atoms with Crippen LogP contribution in [0.2, 0.25) is 0 Å². The van der Waals surface area contributed by atoms with Gasteiger partial charge < -0.3 is 26.2 Å². The standard InChI is InChI=1S/C25H32FN3O5S/c1-25(2,24(33)29-17-6-4-16(5-7-17)22(30)31)12-18-8-10-21(35-18)23(32)34-20-9-3-15(11-19(20)26)13-28-14-27/h3,8-11,16-17,28H,4-7,12-14,27H2,1-2H3,(H,29,33)(H,30,31). The van der Waals surface area contributed by atoms with Crippen molar-refractivity contribution in [2.24, 2.45) is 17.1 Å². The van der Waals surface area contributed by atoms with E-state index in [0.717, 1.165) is 4.88 Å². The number of carboxylic acids is 1. The van der Waals surface area contributed by atoms with Crippen LogP contribution < -0.4 is 21.1 Å². The molecular weight excluding hydrogens is 473 g/mol. The van der Waals surface area contributed by atoms with Crippen molar-refractivity contribution >= 4 is 29.2 Å². The molecule has 5 N–H and O–H groups in total. The molecule has 0 aliphatic heterocycles. The predicted octanol–water partition coefficient (Wildman–Crippen LogP) is 3.44. The summed E-state index contributed by atoms with van der Waals surface area (Å²) in [6, 6.07) is 7.71. The molecule has 8 nitrogen and oxygen atoms in total. The van der Waals surface area contributed by atoms with Crippen LogP contribution in [0.1, 0.15) is 59.6 Å². The number of benzene rings is 1. The van der Waals surface area contributed by atoms with Crippen LogP contribution in [0, 0.1) is 17.2 Å². The Morgan fingerprint density at radius 3 is 2.51 bits per heavy atom. The number of hydrogen-bond acceptors (Lipinski definition) is 7. The van der Waals surface area contributed by atoms with Crippen molar-refractivity contribution in [3.63, 3.8) is 0 Å². The molecule has 2 aromatic rings. The lowest BCUT2D eigenvalue weighted by Gasteiger charge is -2.31. The SMILES string of the molecule is CC(C)(Cc1ccc(C(=O)Oc2ccc(CNCN)cc2F)s1)C(=O)NC1CCC(C(=O)O)CC1. The van der Waals surface area contributed by atoms with Gasteiger partial charge in [-0.15, -0.1) is 11.3 Å². The highest BCUT2D eigenvalue weighted by Gasteiger charge is 2.33. The van der Waals surface area contributed by atoms with Gasteiger partial charge in [0.2, 0.25) is 5.91 Å². The lowest BCUT2D eigenvalue weighted by atomic mass is 9.84. The van der Waals surface area contributed by atoms with Crippen molar-refractivity contribution in [2.75, 3.05) is 6.67 Å². The summed E-state index contributed by atoms with van der Waals surface area (Å²) in [5.74, 6) is -2.67. The van der Waals surface area contributed by atoms with E-state index in [0.29, 0.717) is 49.1 Å². The van der Waals surface area contributed by atoms with Crippen LogP contribution in [0.5, 0.6) is 5.75 Å². The summed E-state index contributed by atoms with van der Waals surface area (Å²) >= 11 is 1.21. The Balaban J connectivity index is 1.55. The number of ether oxygens (including phenoxy) is 1. The number of carbonyl (C=O) groups is 3. The van der Waals surface area contributed by atoms with Gasteiger partial charge in [0.1, 0.15) is 4.88 Å². The Morgan fingerprint density at radius 2 is 1.89 bits per heavy atom. The second kappa shape index (κ2) is 11.7. The van der Waals surface area contributed by atoms with Gasteiger partial charge in [-0.2, -0.15) is 0 Å². The third-order valence-electron chi connectivity index (χ3n) is 6.18. The number of aliphatic carboxylic acids is 1. The first-order valence-electron chi connectivity index (χ1n) is 11.6. The van der Waals surface area contributed by atoms with Gasteiger partial charge in [0.05, 0.1) is 5.92 Å². The number of thiophene rings is 1. The Bertz CT molecular complexity index is 1060. The van der Waals surface area contributed by atoms with E-state index >= 15 is 0 Å². The summed E-state index contributed by atoms with van der Waals surface area (Å²) in [5, 5.41) is 15.1. The highest BCUT2D eigenvalue weighted by molar-refractivity contribution is 7.14. The van der Waals surface area contributed by atoms with Gasteiger partial charge in [-0.05, 0) is 61.9 Å². The van der Waals surface area contributed by atoms with Crippen LogP contribution in [0.25, 0.3) is 0 Å². The summed E-state index contributed by atoms with van der Waals surface area (Å²) in [7, 11) is 0. The number of amides is 1. The third-order valence-corrected chi connectivity index (χ3v) is 7.24. The molecule has 35 heavy (non-hydrogen) atoms. The second-order valence-corrected chi connectivity index (χ2v) is 10.6. The first-order valence-corrected chi connectivity index (χ1v) is 12.4. The van der Waals surface area contributed by atoms with Crippen molar-refractivity contribution in [3.8, 4) is 5.75 Å². The molecule has 1 heterocycles. The van der Waals surface area contributed by atoms with Gasteiger partial charge in [0.25, 0.3) is 0 Å². The zero-order valence-electron chi connectivity index (χ0n) is 19.9. The molecule has 1 aromatic heterocycles. The fourth-order valence-electron chi connectivity index (χ4n) is 4.07. The van der Waals surface area contributed by atoms with E-state index in [2.05, 4.69) is 10.6 Å². The molecule has 1 amide bonds. The minimum atomic E-state index is -0.776. The zero-order valence-corrected chi connectivity index (χ0v) is 20.8. The second-order valence-electron chi connectivity index (χ2n) is 9.47. The number of carboxylic acid groups (broad SMARTS) is 1. The van der Waals surface area contributed by atoms with Gasteiger partial charge >= 0.3 is 11.9 Å². The molecule has 10 heteroatoms. The van der Waals surface area contributed by atoms with Gasteiger partial charge in [-0.1, -0.05) is 19.9 Å². The Hall–Kier alpha value is -2.82.